The third-order valence-electron chi connectivity index (χ3n) is 10.3. The lowest BCUT2D eigenvalue weighted by Crippen LogP contribution is -2.50. The number of rotatable bonds is 5. The van der Waals surface area contributed by atoms with Crippen LogP contribution < -0.4 is 5.32 Å². The van der Waals surface area contributed by atoms with Gasteiger partial charge in [-0.3, -0.25) is 9.69 Å². The summed E-state index contributed by atoms with van der Waals surface area (Å²) >= 11 is 0. The number of nitrogens with zero attached hydrogens (tertiary/aromatic N) is 4. The molecule has 316 valence electrons. The van der Waals surface area contributed by atoms with Gasteiger partial charge < -0.3 is 39.1 Å². The molecular weight excluding hydrogens is 799 g/mol. The van der Waals surface area contributed by atoms with Crippen LogP contribution in [-0.4, -0.2) is 99.5 Å². The molecule has 5 heterocycles. The molecule has 3 amide bonds. The Hall–Kier alpha value is -4.16. The maximum absolute atomic E-state index is 13.8. The number of nitrogens with one attached hydrogen (secondary N) is 3. The minimum atomic E-state index is -0.865. The van der Waals surface area contributed by atoms with Crippen molar-refractivity contribution in [2.75, 3.05) is 40.0 Å². The Labute approximate surface area is 360 Å². The van der Waals surface area contributed by atoms with Gasteiger partial charge in [-0.05, 0) is 76.0 Å². The van der Waals surface area contributed by atoms with Crippen LogP contribution in [0.1, 0.15) is 88.7 Å². The number of carbonyl (C=O) groups excluding carboxylic acids is 3. The summed E-state index contributed by atoms with van der Waals surface area (Å²) in [7, 11) is 1.28. The fourth-order valence-electron chi connectivity index (χ4n) is 7.51. The Bertz CT molecular complexity index is 1970. The molecule has 4 aromatic rings. The SMILES string of the molecule is COC(=O)N[C@H]1COCCCCOCc2[nH]c(nc2-c2ccc(-c3ccc(-c4cnc([C@@H]5CCCN5C(=O)OC(C)(C)C)[nH]4)cc3)cc2)[C@@H]2CCCN2C1=O.S.S.S. The zero-order valence-corrected chi connectivity index (χ0v) is 36.6. The number of ether oxygens (including phenoxy) is 4. The predicted octanol–water partition coefficient (Wildman–Crippen LogP) is 7.26. The first-order valence-corrected chi connectivity index (χ1v) is 19.2. The van der Waals surface area contributed by atoms with E-state index in [2.05, 4.69) is 68.8 Å². The number of hydrogen-bond donors (Lipinski definition) is 3. The Morgan fingerprint density at radius 1 is 0.810 bits per heavy atom. The minimum Gasteiger partial charge on any atom is -0.453 e. The Kier molecular flexibility index (Phi) is 16.6. The number of hydrogen-bond acceptors (Lipinski definition) is 9. The van der Waals surface area contributed by atoms with Crippen LogP contribution in [0.3, 0.4) is 0 Å². The molecule has 2 bridgehead atoms. The molecule has 3 aliphatic rings. The second kappa shape index (κ2) is 20.7. The van der Waals surface area contributed by atoms with Crippen molar-refractivity contribution < 1.29 is 33.3 Å². The number of aromatic amines is 2. The van der Waals surface area contributed by atoms with Gasteiger partial charge in [-0.15, -0.1) is 0 Å². The number of carbonyl (C=O) groups is 3. The van der Waals surface area contributed by atoms with Gasteiger partial charge >= 0.3 is 12.2 Å². The van der Waals surface area contributed by atoms with Crippen molar-refractivity contribution in [1.82, 2.24) is 35.1 Å². The lowest BCUT2D eigenvalue weighted by molar-refractivity contribution is -0.136. The summed E-state index contributed by atoms with van der Waals surface area (Å²) in [4.78, 5) is 59.0. The van der Waals surface area contributed by atoms with E-state index in [9.17, 15) is 14.4 Å². The van der Waals surface area contributed by atoms with E-state index in [1.165, 1.54) is 7.11 Å². The maximum Gasteiger partial charge on any atom is 0.410 e. The topological polar surface area (TPSA) is 164 Å². The highest BCUT2D eigenvalue weighted by Crippen LogP contribution is 2.36. The largest absolute Gasteiger partial charge is 0.453 e. The van der Waals surface area contributed by atoms with Crippen LogP contribution in [0.5, 0.6) is 0 Å². The average Bonchev–Trinajstić information content (AvgIpc) is 4.00. The highest BCUT2D eigenvalue weighted by Gasteiger charge is 2.38. The summed E-state index contributed by atoms with van der Waals surface area (Å²) in [5, 5.41) is 2.66. The maximum atomic E-state index is 13.8. The normalized spacial score (nSPS) is 20.0. The number of H-pyrrole nitrogens is 2. The number of alkyl carbamates (subject to hydrolysis) is 1. The van der Waals surface area contributed by atoms with Gasteiger partial charge in [-0.2, -0.15) is 40.5 Å². The van der Waals surface area contributed by atoms with Gasteiger partial charge in [-0.1, -0.05) is 48.5 Å². The van der Waals surface area contributed by atoms with Crippen molar-refractivity contribution >= 4 is 58.6 Å². The number of aromatic nitrogens is 4. The highest BCUT2D eigenvalue weighted by molar-refractivity contribution is 7.59. The van der Waals surface area contributed by atoms with E-state index in [1.807, 2.05) is 27.0 Å². The van der Waals surface area contributed by atoms with Crippen molar-refractivity contribution in [3.63, 3.8) is 0 Å². The van der Waals surface area contributed by atoms with E-state index < -0.39 is 17.7 Å². The second-order valence-corrected chi connectivity index (χ2v) is 15.3. The Morgan fingerprint density at radius 2 is 1.43 bits per heavy atom. The quantitative estimate of drug-likeness (QED) is 0.188. The average molecular weight is 856 g/mol. The Morgan fingerprint density at radius 3 is 2.10 bits per heavy atom. The van der Waals surface area contributed by atoms with Crippen LogP contribution in [0.15, 0.2) is 54.7 Å². The van der Waals surface area contributed by atoms with Gasteiger partial charge in [0, 0.05) is 31.9 Å². The van der Waals surface area contributed by atoms with Crippen molar-refractivity contribution in [2.45, 2.75) is 89.6 Å². The molecule has 7 rings (SSSR count). The third-order valence-corrected chi connectivity index (χ3v) is 10.3. The summed E-state index contributed by atoms with van der Waals surface area (Å²) in [6, 6.07) is 15.3. The second-order valence-electron chi connectivity index (χ2n) is 15.3. The fourth-order valence-corrected chi connectivity index (χ4v) is 7.51. The first kappa shape index (κ1) is 46.5. The Balaban J connectivity index is 0.00000248. The van der Waals surface area contributed by atoms with Crippen LogP contribution in [0.2, 0.25) is 0 Å². The van der Waals surface area contributed by atoms with Crippen LogP contribution >= 0.6 is 40.5 Å². The molecular formula is C41H57N7O7S3. The van der Waals surface area contributed by atoms with Gasteiger partial charge in [0.25, 0.3) is 0 Å². The van der Waals surface area contributed by atoms with E-state index in [1.54, 1.807) is 9.80 Å². The molecule has 58 heavy (non-hydrogen) atoms. The van der Waals surface area contributed by atoms with Gasteiger partial charge in [-0.25, -0.2) is 19.6 Å². The third kappa shape index (κ3) is 10.9. The summed E-state index contributed by atoms with van der Waals surface area (Å²) in [5.74, 6) is 1.24. The number of benzene rings is 2. The number of likely N-dealkylation sites (tertiary alicyclic amines) is 1. The van der Waals surface area contributed by atoms with Gasteiger partial charge in [0.15, 0.2) is 0 Å². The summed E-state index contributed by atoms with van der Waals surface area (Å²) in [6.07, 6.45) is 5.67. The molecule has 2 fully saturated rings. The molecule has 0 saturated carbocycles. The lowest BCUT2D eigenvalue weighted by Gasteiger charge is -2.28. The molecule has 3 atom stereocenters. The van der Waals surface area contributed by atoms with Crippen LogP contribution in [-0.2, 0) is 30.3 Å². The lowest BCUT2D eigenvalue weighted by atomic mass is 10.0. The van der Waals surface area contributed by atoms with E-state index in [0.717, 1.165) is 83.7 Å². The first-order chi connectivity index (χ1) is 26.6. The fraction of sp³-hybridized carbons (Fsp3) is 0.488. The van der Waals surface area contributed by atoms with Crippen LogP contribution in [0.25, 0.3) is 33.6 Å². The number of methoxy groups -OCH3 is 1. The summed E-state index contributed by atoms with van der Waals surface area (Å²) < 4.78 is 22.3. The molecule has 0 radical (unpaired) electrons. The van der Waals surface area contributed by atoms with Crippen molar-refractivity contribution in [3.8, 4) is 33.6 Å². The number of imidazole rings is 2. The molecule has 3 N–H and O–H groups in total. The molecule has 2 aromatic carbocycles. The molecule has 0 aliphatic carbocycles. The van der Waals surface area contributed by atoms with E-state index in [0.29, 0.717) is 38.7 Å². The molecule has 3 aliphatic heterocycles. The van der Waals surface area contributed by atoms with E-state index in [4.69, 9.17) is 23.9 Å². The molecule has 0 spiro atoms. The summed E-state index contributed by atoms with van der Waals surface area (Å²) in [6.45, 7) is 8.24. The first-order valence-electron chi connectivity index (χ1n) is 19.2. The zero-order chi connectivity index (χ0) is 38.5. The molecule has 2 saturated heterocycles. The number of fused-ring (bicyclic) bond motifs is 4. The van der Waals surface area contributed by atoms with Crippen molar-refractivity contribution in [2.24, 2.45) is 0 Å². The monoisotopic (exact) mass is 855 g/mol. The van der Waals surface area contributed by atoms with E-state index in [-0.39, 0.29) is 71.2 Å². The number of amides is 3. The molecule has 0 unspecified atom stereocenters. The molecule has 17 heteroatoms. The summed E-state index contributed by atoms with van der Waals surface area (Å²) in [5.41, 5.74) is 6.04. The van der Waals surface area contributed by atoms with Crippen LogP contribution in [0, 0.1) is 0 Å². The van der Waals surface area contributed by atoms with E-state index >= 15 is 0 Å². The van der Waals surface area contributed by atoms with Gasteiger partial charge in [0.1, 0.15) is 23.3 Å². The zero-order valence-electron chi connectivity index (χ0n) is 33.6. The van der Waals surface area contributed by atoms with Gasteiger partial charge in [0.2, 0.25) is 5.91 Å². The van der Waals surface area contributed by atoms with Crippen LogP contribution in [0.4, 0.5) is 9.59 Å². The van der Waals surface area contributed by atoms with Crippen molar-refractivity contribution in [3.05, 3.63) is 72.1 Å². The highest BCUT2D eigenvalue weighted by atomic mass is 32.1. The smallest absolute Gasteiger partial charge is 0.410 e. The van der Waals surface area contributed by atoms with Gasteiger partial charge in [0.05, 0.1) is 55.7 Å². The predicted molar refractivity (Wildman–Crippen MR) is 236 cm³/mol. The minimum absolute atomic E-state index is 0. The molecule has 14 nitrogen and oxygen atoms in total. The standard InChI is InChI=1S/C41H51N7O7.3H2S/c1-41(2,3)55-40(51)48-20-8-9-33(48)36-42-23-30(43-36)28-15-11-26(12-16-28)27-13-17-29(18-14-27)35-31-24-53-21-5-6-22-54-25-32(45-39(50)52-4)38(49)47-19-7-10-34(47)37(44-31)46-35;;;/h11-18,23,32-34H,5-10,19-22,24-25H2,1-4H3,(H,42,43)(H,44,46)(H,45,50);3*1H2/t32-,33-,34-;;;/m0.../s1. The molecule has 2 aromatic heterocycles. The van der Waals surface area contributed by atoms with Crippen molar-refractivity contribution in [1.29, 1.82) is 0 Å².